The topological polar surface area (TPSA) is 59.0 Å². The van der Waals surface area contributed by atoms with Gasteiger partial charge in [-0.2, -0.15) is 10.2 Å². The van der Waals surface area contributed by atoms with Crippen molar-refractivity contribution in [3.8, 4) is 0 Å². The molecule has 126 valence electrons. The van der Waals surface area contributed by atoms with E-state index in [2.05, 4.69) is 44.6 Å². The summed E-state index contributed by atoms with van der Waals surface area (Å²) in [5.74, 6) is 0.990. The van der Waals surface area contributed by atoms with Gasteiger partial charge in [0.15, 0.2) is 0 Å². The van der Waals surface area contributed by atoms with Crippen molar-refractivity contribution in [1.82, 2.24) is 24.9 Å². The van der Waals surface area contributed by atoms with Crippen molar-refractivity contribution in [2.75, 3.05) is 26.8 Å². The summed E-state index contributed by atoms with van der Waals surface area (Å²) in [7, 11) is 3.76. The van der Waals surface area contributed by atoms with Crippen LogP contribution in [0.5, 0.6) is 0 Å². The highest BCUT2D eigenvalue weighted by Gasteiger charge is 2.34. The number of H-pyrrole nitrogens is 1. The molecule has 1 saturated heterocycles. The van der Waals surface area contributed by atoms with E-state index in [0.717, 1.165) is 37.1 Å². The summed E-state index contributed by atoms with van der Waals surface area (Å²) in [5.41, 5.74) is 3.73. The zero-order valence-corrected chi connectivity index (χ0v) is 14.1. The van der Waals surface area contributed by atoms with Gasteiger partial charge in [0.2, 0.25) is 0 Å². The molecule has 0 spiro atoms. The summed E-state index contributed by atoms with van der Waals surface area (Å²) >= 11 is 0. The van der Waals surface area contributed by atoms with Crippen molar-refractivity contribution in [3.05, 3.63) is 47.9 Å². The summed E-state index contributed by atoms with van der Waals surface area (Å²) in [6, 6.07) is 6.53. The molecule has 2 atom stereocenters. The number of nitrogens with zero attached hydrogens (tertiary/aromatic N) is 4. The molecule has 4 rings (SSSR count). The molecule has 0 amide bonds. The number of methoxy groups -OCH3 is 1. The van der Waals surface area contributed by atoms with E-state index < -0.39 is 0 Å². The van der Waals surface area contributed by atoms with Crippen LogP contribution in [0.25, 0.3) is 10.9 Å². The van der Waals surface area contributed by atoms with Crippen molar-refractivity contribution < 1.29 is 4.74 Å². The van der Waals surface area contributed by atoms with Crippen molar-refractivity contribution >= 4 is 10.9 Å². The van der Waals surface area contributed by atoms with Crippen LogP contribution in [0, 0.1) is 5.92 Å². The van der Waals surface area contributed by atoms with Crippen LogP contribution in [0.4, 0.5) is 0 Å². The van der Waals surface area contributed by atoms with E-state index in [1.165, 1.54) is 11.1 Å². The number of hydrogen-bond acceptors (Lipinski definition) is 4. The first-order valence-electron chi connectivity index (χ1n) is 8.35. The predicted molar refractivity (Wildman–Crippen MR) is 92.7 cm³/mol. The number of likely N-dealkylation sites (tertiary alicyclic amines) is 1. The molecular weight excluding hydrogens is 302 g/mol. The van der Waals surface area contributed by atoms with Gasteiger partial charge in [-0.3, -0.25) is 14.7 Å². The number of benzene rings is 1. The number of aromatic nitrogens is 4. The lowest BCUT2D eigenvalue weighted by Gasteiger charge is -2.15. The molecule has 6 nitrogen and oxygen atoms in total. The first-order chi connectivity index (χ1) is 11.7. The van der Waals surface area contributed by atoms with Crippen LogP contribution in [0.15, 0.2) is 36.8 Å². The molecule has 0 aliphatic carbocycles. The summed E-state index contributed by atoms with van der Waals surface area (Å²) in [4.78, 5) is 2.51. The maximum Gasteiger partial charge on any atom is 0.0653 e. The van der Waals surface area contributed by atoms with E-state index in [4.69, 9.17) is 4.74 Å². The fourth-order valence-electron chi connectivity index (χ4n) is 3.82. The Morgan fingerprint density at radius 3 is 3.00 bits per heavy atom. The van der Waals surface area contributed by atoms with Crippen molar-refractivity contribution in [1.29, 1.82) is 0 Å². The second-order valence-electron chi connectivity index (χ2n) is 6.75. The predicted octanol–water partition coefficient (Wildman–Crippen LogP) is 2.16. The van der Waals surface area contributed by atoms with E-state index in [1.54, 1.807) is 7.11 Å². The number of rotatable bonds is 5. The third kappa shape index (κ3) is 2.95. The maximum atomic E-state index is 5.46. The van der Waals surface area contributed by atoms with Gasteiger partial charge in [-0.1, -0.05) is 12.1 Å². The second-order valence-corrected chi connectivity index (χ2v) is 6.75. The first-order valence-corrected chi connectivity index (χ1v) is 8.35. The van der Waals surface area contributed by atoms with Crippen molar-refractivity contribution in [2.45, 2.75) is 12.5 Å². The lowest BCUT2D eigenvalue weighted by molar-refractivity contribution is 0.147. The first kappa shape index (κ1) is 15.4. The summed E-state index contributed by atoms with van der Waals surface area (Å²) < 4.78 is 7.35. The Balaban J connectivity index is 1.51. The zero-order valence-electron chi connectivity index (χ0n) is 14.1. The Morgan fingerprint density at radius 2 is 2.21 bits per heavy atom. The van der Waals surface area contributed by atoms with Crippen LogP contribution in [0.1, 0.15) is 17.0 Å². The molecule has 3 aromatic rings. The Bertz CT molecular complexity index is 824. The Kier molecular flexibility index (Phi) is 4.08. The summed E-state index contributed by atoms with van der Waals surface area (Å²) in [6.07, 6.45) is 5.99. The van der Waals surface area contributed by atoms with E-state index in [-0.39, 0.29) is 0 Å². The van der Waals surface area contributed by atoms with Crippen molar-refractivity contribution in [3.63, 3.8) is 0 Å². The largest absolute Gasteiger partial charge is 0.384 e. The fraction of sp³-hybridized carbons (Fsp3) is 0.444. The second kappa shape index (κ2) is 6.37. The van der Waals surface area contributed by atoms with Gasteiger partial charge < -0.3 is 4.74 Å². The van der Waals surface area contributed by atoms with Gasteiger partial charge in [0.25, 0.3) is 0 Å². The van der Waals surface area contributed by atoms with Crippen LogP contribution in [0.3, 0.4) is 0 Å². The van der Waals surface area contributed by atoms with Gasteiger partial charge in [-0.15, -0.1) is 0 Å². The standard InChI is InChI=1S/C18H23N5O/c1-22-9-15(7-20-22)17-11-23(10-16(17)12-24-2)8-13-3-4-14-6-19-21-18(14)5-13/h3-7,9,16-17H,8,10-12H2,1-2H3,(H,19,21)/t16-,17-/m0/s1. The van der Waals surface area contributed by atoms with E-state index in [0.29, 0.717) is 11.8 Å². The molecule has 1 aromatic carbocycles. The van der Waals surface area contributed by atoms with Crippen LogP contribution in [-0.2, 0) is 18.3 Å². The smallest absolute Gasteiger partial charge is 0.0653 e. The van der Waals surface area contributed by atoms with Crippen LogP contribution < -0.4 is 0 Å². The quantitative estimate of drug-likeness (QED) is 0.781. The maximum absolute atomic E-state index is 5.46. The van der Waals surface area contributed by atoms with Crippen LogP contribution in [-0.4, -0.2) is 51.7 Å². The minimum atomic E-state index is 0.481. The average Bonchev–Trinajstić information content (AvgIpc) is 3.27. The van der Waals surface area contributed by atoms with Gasteiger partial charge in [-0.05, 0) is 17.2 Å². The number of ether oxygens (including phenoxy) is 1. The number of nitrogens with one attached hydrogen (secondary N) is 1. The highest BCUT2D eigenvalue weighted by Crippen LogP contribution is 2.33. The Morgan fingerprint density at radius 1 is 1.29 bits per heavy atom. The molecule has 0 saturated carbocycles. The normalized spacial score (nSPS) is 21.8. The van der Waals surface area contributed by atoms with Crippen molar-refractivity contribution in [2.24, 2.45) is 13.0 Å². The van der Waals surface area contributed by atoms with Crippen LogP contribution >= 0.6 is 0 Å². The molecule has 24 heavy (non-hydrogen) atoms. The fourth-order valence-corrected chi connectivity index (χ4v) is 3.82. The third-order valence-corrected chi connectivity index (χ3v) is 4.96. The van der Waals surface area contributed by atoms with Gasteiger partial charge in [-0.25, -0.2) is 0 Å². The van der Waals surface area contributed by atoms with Gasteiger partial charge in [0.1, 0.15) is 0 Å². The molecule has 0 bridgehead atoms. The number of aromatic amines is 1. The van der Waals surface area contributed by atoms with Crippen LogP contribution in [0.2, 0.25) is 0 Å². The molecule has 1 aliphatic rings. The lowest BCUT2D eigenvalue weighted by atomic mass is 9.92. The van der Waals surface area contributed by atoms with Gasteiger partial charge >= 0.3 is 0 Å². The number of fused-ring (bicyclic) bond motifs is 1. The molecule has 1 fully saturated rings. The minimum Gasteiger partial charge on any atom is -0.384 e. The number of aryl methyl sites for hydroxylation is 1. The zero-order chi connectivity index (χ0) is 16.5. The highest BCUT2D eigenvalue weighted by molar-refractivity contribution is 5.78. The lowest BCUT2D eigenvalue weighted by Crippen LogP contribution is -2.21. The number of hydrogen-bond donors (Lipinski definition) is 1. The Labute approximate surface area is 141 Å². The molecule has 1 N–H and O–H groups in total. The molecule has 0 unspecified atom stereocenters. The SMILES string of the molecule is COC[C@@H]1CN(Cc2ccc3cn[nH]c3c2)C[C@H]1c1cnn(C)c1. The van der Waals surface area contributed by atoms with E-state index >= 15 is 0 Å². The van der Waals surface area contributed by atoms with E-state index in [9.17, 15) is 0 Å². The average molecular weight is 325 g/mol. The summed E-state index contributed by atoms with van der Waals surface area (Å²) in [5, 5.41) is 12.6. The molecule has 3 heterocycles. The minimum absolute atomic E-state index is 0.481. The van der Waals surface area contributed by atoms with E-state index in [1.807, 2.05) is 24.1 Å². The molecule has 6 heteroatoms. The Hall–Kier alpha value is -2.18. The monoisotopic (exact) mass is 325 g/mol. The van der Waals surface area contributed by atoms with Gasteiger partial charge in [0, 0.05) is 57.2 Å². The molecular formula is C18H23N5O. The molecule has 2 aromatic heterocycles. The summed E-state index contributed by atoms with van der Waals surface area (Å²) in [6.45, 7) is 3.83. The molecule has 1 aliphatic heterocycles. The van der Waals surface area contributed by atoms with Gasteiger partial charge in [0.05, 0.1) is 24.5 Å². The third-order valence-electron chi connectivity index (χ3n) is 4.96. The molecule has 0 radical (unpaired) electrons. The highest BCUT2D eigenvalue weighted by atomic mass is 16.5.